The highest BCUT2D eigenvalue weighted by Crippen LogP contribution is 2.19. The molecule has 1 aromatic rings. The minimum Gasteiger partial charge on any atom is -0.336 e. The van der Waals surface area contributed by atoms with Crippen molar-refractivity contribution in [2.24, 2.45) is 0 Å². The Kier molecular flexibility index (Phi) is 5.12. The standard InChI is InChI=1S/C15H21N3O2S/c1-9-4-5-12(10(2)6-9)17-13(19)8-21-14-7-11(3)16-15(20)18-14/h4-6,11,14H,7-8H2,1-3H3,(H,17,19)(H2,16,18,20). The molecule has 0 radical (unpaired) electrons. The zero-order chi connectivity index (χ0) is 15.4. The van der Waals surface area contributed by atoms with E-state index in [1.165, 1.54) is 17.3 Å². The Morgan fingerprint density at radius 1 is 1.38 bits per heavy atom. The molecule has 0 saturated carbocycles. The van der Waals surface area contributed by atoms with Gasteiger partial charge >= 0.3 is 6.03 Å². The summed E-state index contributed by atoms with van der Waals surface area (Å²) in [6.45, 7) is 5.96. The molecule has 1 heterocycles. The zero-order valence-electron chi connectivity index (χ0n) is 12.5. The molecule has 0 bridgehead atoms. The largest absolute Gasteiger partial charge is 0.336 e. The molecule has 2 rings (SSSR count). The van der Waals surface area contributed by atoms with E-state index in [-0.39, 0.29) is 23.4 Å². The van der Waals surface area contributed by atoms with E-state index in [4.69, 9.17) is 0 Å². The van der Waals surface area contributed by atoms with Crippen LogP contribution in [0.2, 0.25) is 0 Å². The van der Waals surface area contributed by atoms with Crippen LogP contribution in [0.25, 0.3) is 0 Å². The van der Waals surface area contributed by atoms with Gasteiger partial charge in [0.25, 0.3) is 0 Å². The molecule has 0 aliphatic carbocycles. The monoisotopic (exact) mass is 307 g/mol. The van der Waals surface area contributed by atoms with Crippen molar-refractivity contribution in [3.63, 3.8) is 0 Å². The van der Waals surface area contributed by atoms with Gasteiger partial charge in [-0.25, -0.2) is 4.79 Å². The maximum Gasteiger partial charge on any atom is 0.315 e. The highest BCUT2D eigenvalue weighted by Gasteiger charge is 2.23. The van der Waals surface area contributed by atoms with E-state index in [1.54, 1.807) is 0 Å². The lowest BCUT2D eigenvalue weighted by Crippen LogP contribution is -2.52. The van der Waals surface area contributed by atoms with Gasteiger partial charge in [-0.3, -0.25) is 4.79 Å². The Balaban J connectivity index is 1.83. The van der Waals surface area contributed by atoms with Gasteiger partial charge in [-0.05, 0) is 38.8 Å². The number of nitrogens with one attached hydrogen (secondary N) is 3. The van der Waals surface area contributed by atoms with Crippen LogP contribution in [0.3, 0.4) is 0 Å². The summed E-state index contributed by atoms with van der Waals surface area (Å²) < 4.78 is 0. The number of hydrogen-bond acceptors (Lipinski definition) is 3. The fraction of sp³-hybridized carbons (Fsp3) is 0.467. The number of anilines is 1. The quantitative estimate of drug-likeness (QED) is 0.800. The molecule has 2 unspecified atom stereocenters. The van der Waals surface area contributed by atoms with Crippen molar-refractivity contribution in [3.05, 3.63) is 29.3 Å². The van der Waals surface area contributed by atoms with Crippen molar-refractivity contribution in [1.29, 1.82) is 0 Å². The van der Waals surface area contributed by atoms with Gasteiger partial charge in [0.2, 0.25) is 5.91 Å². The third kappa shape index (κ3) is 4.67. The maximum atomic E-state index is 12.0. The normalized spacial score (nSPS) is 21.4. The molecule has 1 aliphatic rings. The number of amides is 3. The molecule has 2 atom stereocenters. The van der Waals surface area contributed by atoms with Gasteiger partial charge in [-0.15, -0.1) is 11.8 Å². The van der Waals surface area contributed by atoms with E-state index in [0.717, 1.165) is 17.7 Å². The summed E-state index contributed by atoms with van der Waals surface area (Å²) in [4.78, 5) is 23.4. The lowest BCUT2D eigenvalue weighted by molar-refractivity contribution is -0.113. The minimum absolute atomic E-state index is 0.0152. The molecule has 0 spiro atoms. The third-order valence-corrected chi connectivity index (χ3v) is 4.45. The van der Waals surface area contributed by atoms with Crippen molar-refractivity contribution in [1.82, 2.24) is 10.6 Å². The highest BCUT2D eigenvalue weighted by molar-refractivity contribution is 8.00. The first-order chi connectivity index (χ1) is 9.94. The summed E-state index contributed by atoms with van der Waals surface area (Å²) >= 11 is 1.46. The van der Waals surface area contributed by atoms with Crippen LogP contribution in [0.4, 0.5) is 10.5 Å². The van der Waals surface area contributed by atoms with Gasteiger partial charge in [-0.1, -0.05) is 17.7 Å². The second kappa shape index (κ2) is 6.85. The van der Waals surface area contributed by atoms with Crippen LogP contribution >= 0.6 is 11.8 Å². The van der Waals surface area contributed by atoms with Crippen LogP contribution in [0.1, 0.15) is 24.5 Å². The second-order valence-corrected chi connectivity index (χ2v) is 6.61. The molecule has 114 valence electrons. The van der Waals surface area contributed by atoms with Crippen LogP contribution in [-0.4, -0.2) is 29.1 Å². The van der Waals surface area contributed by atoms with Crippen LogP contribution in [0, 0.1) is 13.8 Å². The number of hydrogen-bond donors (Lipinski definition) is 3. The molecule has 1 fully saturated rings. The van der Waals surface area contributed by atoms with E-state index >= 15 is 0 Å². The summed E-state index contributed by atoms with van der Waals surface area (Å²) in [6, 6.07) is 5.91. The number of aryl methyl sites for hydroxylation is 2. The molecule has 1 aromatic carbocycles. The van der Waals surface area contributed by atoms with Crippen molar-refractivity contribution in [2.75, 3.05) is 11.1 Å². The van der Waals surface area contributed by atoms with Crippen molar-refractivity contribution in [2.45, 2.75) is 38.6 Å². The Morgan fingerprint density at radius 2 is 2.14 bits per heavy atom. The predicted octanol–water partition coefficient (Wildman–Crippen LogP) is 2.39. The molecule has 1 aliphatic heterocycles. The Bertz CT molecular complexity index is 548. The number of urea groups is 1. The van der Waals surface area contributed by atoms with Gasteiger partial charge < -0.3 is 16.0 Å². The van der Waals surface area contributed by atoms with Crippen molar-refractivity contribution in [3.8, 4) is 0 Å². The molecule has 1 saturated heterocycles. The highest BCUT2D eigenvalue weighted by atomic mass is 32.2. The van der Waals surface area contributed by atoms with Crippen molar-refractivity contribution < 1.29 is 9.59 Å². The third-order valence-electron chi connectivity index (χ3n) is 3.31. The Morgan fingerprint density at radius 3 is 2.81 bits per heavy atom. The van der Waals surface area contributed by atoms with Gasteiger partial charge in [0, 0.05) is 11.7 Å². The summed E-state index contributed by atoms with van der Waals surface area (Å²) in [5.41, 5.74) is 3.07. The number of rotatable bonds is 4. The van der Waals surface area contributed by atoms with E-state index < -0.39 is 0 Å². The SMILES string of the molecule is Cc1ccc(NC(=O)CSC2CC(C)NC(=O)N2)c(C)c1. The predicted molar refractivity (Wildman–Crippen MR) is 86.5 cm³/mol. The fourth-order valence-electron chi connectivity index (χ4n) is 2.28. The van der Waals surface area contributed by atoms with Crippen LogP contribution in [-0.2, 0) is 4.79 Å². The topological polar surface area (TPSA) is 70.2 Å². The van der Waals surface area contributed by atoms with Crippen LogP contribution in [0.5, 0.6) is 0 Å². The first kappa shape index (κ1) is 15.7. The average Bonchev–Trinajstić information content (AvgIpc) is 2.39. The molecule has 5 nitrogen and oxygen atoms in total. The first-order valence-electron chi connectivity index (χ1n) is 7.00. The summed E-state index contributed by atoms with van der Waals surface area (Å²) in [6.07, 6.45) is 0.813. The zero-order valence-corrected chi connectivity index (χ0v) is 13.3. The number of benzene rings is 1. The van der Waals surface area contributed by atoms with Gasteiger partial charge in [0.05, 0.1) is 11.1 Å². The molecule has 0 aromatic heterocycles. The van der Waals surface area contributed by atoms with Crippen LogP contribution < -0.4 is 16.0 Å². The lowest BCUT2D eigenvalue weighted by atomic mass is 10.1. The molecular formula is C15H21N3O2S. The molecular weight excluding hydrogens is 286 g/mol. The summed E-state index contributed by atoms with van der Waals surface area (Å²) in [5.74, 6) is 0.276. The first-order valence-corrected chi connectivity index (χ1v) is 8.04. The second-order valence-electron chi connectivity index (χ2n) is 5.42. The van der Waals surface area contributed by atoms with Crippen molar-refractivity contribution >= 4 is 29.4 Å². The number of thioether (sulfide) groups is 1. The molecule has 3 N–H and O–H groups in total. The summed E-state index contributed by atoms with van der Waals surface area (Å²) in [5, 5.41) is 8.50. The van der Waals surface area contributed by atoms with Gasteiger partial charge in [-0.2, -0.15) is 0 Å². The summed E-state index contributed by atoms with van der Waals surface area (Å²) in [7, 11) is 0. The van der Waals surface area contributed by atoms with E-state index in [1.807, 2.05) is 39.0 Å². The van der Waals surface area contributed by atoms with E-state index in [2.05, 4.69) is 16.0 Å². The molecule has 6 heteroatoms. The fourth-order valence-corrected chi connectivity index (χ4v) is 3.32. The lowest BCUT2D eigenvalue weighted by Gasteiger charge is -2.28. The van der Waals surface area contributed by atoms with E-state index in [0.29, 0.717) is 5.75 Å². The van der Waals surface area contributed by atoms with Gasteiger partial charge in [0.1, 0.15) is 0 Å². The van der Waals surface area contributed by atoms with Crippen LogP contribution in [0.15, 0.2) is 18.2 Å². The Labute approximate surface area is 129 Å². The number of carbonyl (C=O) groups excluding carboxylic acids is 2. The average molecular weight is 307 g/mol. The smallest absolute Gasteiger partial charge is 0.315 e. The van der Waals surface area contributed by atoms with Gasteiger partial charge in [0.15, 0.2) is 0 Å². The maximum absolute atomic E-state index is 12.0. The number of carbonyl (C=O) groups is 2. The van der Waals surface area contributed by atoms with E-state index in [9.17, 15) is 9.59 Å². The Hall–Kier alpha value is -1.69. The molecule has 21 heavy (non-hydrogen) atoms. The minimum atomic E-state index is -0.166. The molecule has 3 amide bonds.